The van der Waals surface area contributed by atoms with E-state index in [0.29, 0.717) is 28.1 Å². The minimum atomic E-state index is -0.262. The summed E-state index contributed by atoms with van der Waals surface area (Å²) >= 11 is 1.42. The van der Waals surface area contributed by atoms with Crippen molar-refractivity contribution in [2.75, 3.05) is 5.32 Å². The van der Waals surface area contributed by atoms with Crippen molar-refractivity contribution >= 4 is 22.4 Å². The maximum atomic E-state index is 12.7. The number of rotatable bonds is 7. The van der Waals surface area contributed by atoms with Gasteiger partial charge in [-0.3, -0.25) is 10.1 Å². The molecule has 1 N–H and O–H groups in total. The molecule has 134 valence electrons. The summed E-state index contributed by atoms with van der Waals surface area (Å²) in [6, 6.07) is 16.5. The van der Waals surface area contributed by atoms with Crippen molar-refractivity contribution < 1.29 is 9.53 Å². The molecule has 0 saturated carbocycles. The molecule has 0 saturated heterocycles. The Bertz CT molecular complexity index is 864. The van der Waals surface area contributed by atoms with Crippen molar-refractivity contribution in [3.05, 3.63) is 65.2 Å². The van der Waals surface area contributed by atoms with Crippen molar-refractivity contribution in [3.8, 4) is 11.5 Å². The number of nitrogens with zero attached hydrogens (tertiary/aromatic N) is 2. The van der Waals surface area contributed by atoms with Gasteiger partial charge in [0.05, 0.1) is 5.56 Å². The van der Waals surface area contributed by atoms with Gasteiger partial charge >= 0.3 is 0 Å². The third-order valence-corrected chi connectivity index (χ3v) is 4.98. The molecule has 0 aliphatic rings. The number of carbonyl (C=O) groups is 1. The highest BCUT2D eigenvalue weighted by Gasteiger charge is 2.17. The lowest BCUT2D eigenvalue weighted by Crippen LogP contribution is -2.12. The fourth-order valence-corrected chi connectivity index (χ4v) is 3.39. The average molecular weight is 367 g/mol. The molecule has 0 bridgehead atoms. The number of carbonyl (C=O) groups excluding carboxylic acids is 1. The van der Waals surface area contributed by atoms with Gasteiger partial charge in [0, 0.05) is 5.92 Å². The lowest BCUT2D eigenvalue weighted by molar-refractivity contribution is 0.102. The largest absolute Gasteiger partial charge is 0.457 e. The Balaban J connectivity index is 1.74. The predicted molar refractivity (Wildman–Crippen MR) is 104 cm³/mol. The summed E-state index contributed by atoms with van der Waals surface area (Å²) in [7, 11) is 0. The highest BCUT2D eigenvalue weighted by Crippen LogP contribution is 2.28. The number of benzene rings is 2. The van der Waals surface area contributed by atoms with Gasteiger partial charge in [-0.25, -0.2) is 0 Å². The Morgan fingerprint density at radius 3 is 2.62 bits per heavy atom. The maximum absolute atomic E-state index is 12.7. The monoisotopic (exact) mass is 367 g/mol. The highest BCUT2D eigenvalue weighted by atomic mass is 32.1. The third kappa shape index (κ3) is 4.46. The van der Waals surface area contributed by atoms with Crippen LogP contribution in [0.15, 0.2) is 54.6 Å². The first-order chi connectivity index (χ1) is 12.7. The molecule has 1 aromatic heterocycles. The van der Waals surface area contributed by atoms with E-state index in [9.17, 15) is 4.79 Å². The number of ether oxygens (including phenoxy) is 1. The van der Waals surface area contributed by atoms with Crippen LogP contribution in [-0.2, 0) is 0 Å². The summed E-state index contributed by atoms with van der Waals surface area (Å²) in [5.74, 6) is 1.26. The van der Waals surface area contributed by atoms with E-state index < -0.39 is 0 Å². The van der Waals surface area contributed by atoms with E-state index >= 15 is 0 Å². The Kier molecular flexibility index (Phi) is 5.96. The summed E-state index contributed by atoms with van der Waals surface area (Å²) in [5.41, 5.74) is 0.453. The first kappa shape index (κ1) is 18.1. The molecular weight excluding hydrogens is 346 g/mol. The molecule has 1 amide bonds. The molecule has 1 heterocycles. The Hall–Kier alpha value is -2.73. The van der Waals surface area contributed by atoms with Crippen molar-refractivity contribution in [1.82, 2.24) is 10.2 Å². The van der Waals surface area contributed by atoms with Gasteiger partial charge in [-0.15, -0.1) is 10.2 Å². The molecule has 0 fully saturated rings. The maximum Gasteiger partial charge on any atom is 0.261 e. The molecule has 0 aliphatic heterocycles. The number of anilines is 1. The topological polar surface area (TPSA) is 64.1 Å². The summed E-state index contributed by atoms with van der Waals surface area (Å²) in [6.45, 7) is 4.27. The fraction of sp³-hybridized carbons (Fsp3) is 0.250. The van der Waals surface area contributed by atoms with Gasteiger partial charge in [0.15, 0.2) is 0 Å². The Morgan fingerprint density at radius 1 is 1.12 bits per heavy atom. The molecule has 26 heavy (non-hydrogen) atoms. The lowest BCUT2D eigenvalue weighted by Gasteiger charge is -2.10. The lowest BCUT2D eigenvalue weighted by atomic mass is 10.1. The smallest absolute Gasteiger partial charge is 0.261 e. The van der Waals surface area contributed by atoms with Crippen LogP contribution in [-0.4, -0.2) is 16.1 Å². The summed E-state index contributed by atoms with van der Waals surface area (Å²) in [6.07, 6.45) is 2.14. The summed E-state index contributed by atoms with van der Waals surface area (Å²) < 4.78 is 5.85. The Morgan fingerprint density at radius 2 is 1.85 bits per heavy atom. The summed E-state index contributed by atoms with van der Waals surface area (Å²) in [4.78, 5) is 12.7. The summed E-state index contributed by atoms with van der Waals surface area (Å²) in [5, 5.41) is 12.6. The van der Waals surface area contributed by atoms with E-state index in [1.54, 1.807) is 12.1 Å². The normalized spacial score (nSPS) is 11.8. The van der Waals surface area contributed by atoms with Gasteiger partial charge in [-0.2, -0.15) is 0 Å². The van der Waals surface area contributed by atoms with Gasteiger partial charge in [0.2, 0.25) is 5.13 Å². The number of nitrogens with one attached hydrogen (secondary N) is 1. The van der Waals surface area contributed by atoms with E-state index in [1.165, 1.54) is 11.3 Å². The van der Waals surface area contributed by atoms with Crippen LogP contribution >= 0.6 is 11.3 Å². The molecule has 3 rings (SSSR count). The molecule has 6 heteroatoms. The number of aromatic nitrogens is 2. The second kappa shape index (κ2) is 8.58. The number of para-hydroxylation sites is 2. The molecular formula is C20H21N3O2S. The third-order valence-electron chi connectivity index (χ3n) is 3.91. The van der Waals surface area contributed by atoms with E-state index in [1.807, 2.05) is 42.5 Å². The molecule has 5 nitrogen and oxygen atoms in total. The predicted octanol–water partition coefficient (Wildman–Crippen LogP) is 5.49. The first-order valence-corrected chi connectivity index (χ1v) is 9.45. The molecule has 0 radical (unpaired) electrons. The molecule has 0 spiro atoms. The van der Waals surface area contributed by atoms with E-state index in [2.05, 4.69) is 29.4 Å². The quantitative estimate of drug-likeness (QED) is 0.600. The van der Waals surface area contributed by atoms with E-state index in [4.69, 9.17) is 4.74 Å². The van der Waals surface area contributed by atoms with Crippen molar-refractivity contribution in [2.45, 2.75) is 32.6 Å². The highest BCUT2D eigenvalue weighted by molar-refractivity contribution is 7.15. The van der Waals surface area contributed by atoms with Crippen LogP contribution in [0, 0.1) is 0 Å². The molecule has 0 aliphatic carbocycles. The standard InChI is InChI=1S/C20H21N3O2S/c1-3-9-14(2)19-22-23-20(26-19)21-18(24)16-12-7-8-13-17(16)25-15-10-5-4-6-11-15/h4-8,10-14H,3,9H2,1-2H3,(H,21,23,24). The molecule has 2 aromatic carbocycles. The second-order valence-electron chi connectivity index (χ2n) is 6.00. The van der Waals surface area contributed by atoms with Crippen LogP contribution in [0.1, 0.15) is 48.0 Å². The van der Waals surface area contributed by atoms with Crippen LogP contribution in [0.2, 0.25) is 0 Å². The molecule has 1 atom stereocenters. The van der Waals surface area contributed by atoms with Gasteiger partial charge in [-0.05, 0) is 30.7 Å². The minimum absolute atomic E-state index is 0.262. The minimum Gasteiger partial charge on any atom is -0.457 e. The number of amides is 1. The van der Waals surface area contributed by atoms with Crippen molar-refractivity contribution in [3.63, 3.8) is 0 Å². The zero-order valence-electron chi connectivity index (χ0n) is 14.8. The van der Waals surface area contributed by atoms with Crippen LogP contribution in [0.3, 0.4) is 0 Å². The van der Waals surface area contributed by atoms with Gasteiger partial charge in [0.25, 0.3) is 5.91 Å². The molecule has 3 aromatic rings. The van der Waals surface area contributed by atoms with Crippen LogP contribution in [0.5, 0.6) is 11.5 Å². The van der Waals surface area contributed by atoms with Crippen LogP contribution < -0.4 is 10.1 Å². The number of hydrogen-bond donors (Lipinski definition) is 1. The zero-order chi connectivity index (χ0) is 18.4. The Labute approximate surface area is 157 Å². The van der Waals surface area contributed by atoms with Crippen LogP contribution in [0.4, 0.5) is 5.13 Å². The van der Waals surface area contributed by atoms with E-state index in [-0.39, 0.29) is 5.91 Å². The number of hydrogen-bond acceptors (Lipinski definition) is 5. The van der Waals surface area contributed by atoms with Crippen molar-refractivity contribution in [2.24, 2.45) is 0 Å². The van der Waals surface area contributed by atoms with Gasteiger partial charge < -0.3 is 4.74 Å². The average Bonchev–Trinajstić information content (AvgIpc) is 3.12. The first-order valence-electron chi connectivity index (χ1n) is 8.64. The van der Waals surface area contributed by atoms with Crippen molar-refractivity contribution in [1.29, 1.82) is 0 Å². The zero-order valence-corrected chi connectivity index (χ0v) is 15.6. The fourth-order valence-electron chi connectivity index (χ4n) is 2.56. The van der Waals surface area contributed by atoms with Crippen LogP contribution in [0.25, 0.3) is 0 Å². The van der Waals surface area contributed by atoms with Gasteiger partial charge in [0.1, 0.15) is 16.5 Å². The van der Waals surface area contributed by atoms with Gasteiger partial charge in [-0.1, -0.05) is 61.9 Å². The SMILES string of the molecule is CCCC(C)c1nnc(NC(=O)c2ccccc2Oc2ccccc2)s1. The van der Waals surface area contributed by atoms with E-state index in [0.717, 1.165) is 17.8 Å². The second-order valence-corrected chi connectivity index (χ2v) is 7.01. The molecule has 1 unspecified atom stereocenters.